The summed E-state index contributed by atoms with van der Waals surface area (Å²) in [4.78, 5) is 12.7. The first kappa shape index (κ1) is 16.8. The highest BCUT2D eigenvalue weighted by molar-refractivity contribution is 6.14. The number of hydrogen-bond acceptors (Lipinski definition) is 4. The average Bonchev–Trinajstić information content (AvgIpc) is 2.69. The molecule has 0 atom stereocenters. The first-order valence-corrected chi connectivity index (χ1v) is 8.30. The number of nitrogens with zero attached hydrogens (tertiary/aromatic N) is 5. The number of aromatic nitrogens is 2. The smallest absolute Gasteiger partial charge is 0.225 e. The molecule has 0 saturated carbocycles. The van der Waals surface area contributed by atoms with Gasteiger partial charge in [0.2, 0.25) is 5.95 Å². The highest BCUT2D eigenvalue weighted by Crippen LogP contribution is 2.13. The van der Waals surface area contributed by atoms with E-state index >= 15 is 0 Å². The maximum atomic E-state index is 10.2. The maximum Gasteiger partial charge on any atom is 0.225 e. The molecule has 0 unspecified atom stereocenters. The summed E-state index contributed by atoms with van der Waals surface area (Å²) in [6.07, 6.45) is 5.14. The van der Waals surface area contributed by atoms with Crippen molar-refractivity contribution in [2.24, 2.45) is 0 Å². The van der Waals surface area contributed by atoms with Gasteiger partial charge in [-0.2, -0.15) is 5.71 Å². The number of benzene rings is 1. The van der Waals surface area contributed by atoms with E-state index in [9.17, 15) is 5.41 Å². The zero-order chi connectivity index (χ0) is 17.6. The highest BCUT2D eigenvalue weighted by atomic mass is 15.3. The van der Waals surface area contributed by atoms with Crippen LogP contribution in [0.5, 0.6) is 0 Å². The van der Waals surface area contributed by atoms with Gasteiger partial charge in [-0.3, -0.25) is 5.41 Å². The molecule has 0 spiro atoms. The van der Waals surface area contributed by atoms with E-state index in [0.29, 0.717) is 5.84 Å². The topological polar surface area (TPSA) is 78.4 Å². The summed E-state index contributed by atoms with van der Waals surface area (Å²) in [5.41, 5.74) is 1.67. The minimum atomic E-state index is 0.180. The van der Waals surface area contributed by atoms with Crippen molar-refractivity contribution in [2.45, 2.75) is 6.92 Å². The van der Waals surface area contributed by atoms with Gasteiger partial charge in [0, 0.05) is 38.6 Å². The highest BCUT2D eigenvalue weighted by Gasteiger charge is 2.21. The minimum absolute atomic E-state index is 0.180. The number of piperazine rings is 1. The lowest BCUT2D eigenvalue weighted by molar-refractivity contribution is 0.381. The molecule has 0 radical (unpaired) electrons. The van der Waals surface area contributed by atoms with Crippen LogP contribution in [0.4, 0.5) is 5.95 Å². The van der Waals surface area contributed by atoms with E-state index in [0.717, 1.165) is 43.3 Å². The number of rotatable bonds is 4. The lowest BCUT2D eigenvalue weighted by atomic mass is 10.1. The van der Waals surface area contributed by atoms with Crippen LogP contribution in [0.1, 0.15) is 12.5 Å². The molecule has 1 fully saturated rings. The Kier molecular flexibility index (Phi) is 5.18. The van der Waals surface area contributed by atoms with Crippen molar-refractivity contribution in [2.75, 3.05) is 31.1 Å². The predicted molar refractivity (Wildman–Crippen MR) is 101 cm³/mol. The summed E-state index contributed by atoms with van der Waals surface area (Å²) in [5, 5.41) is 18.6. The molecule has 0 amide bonds. The van der Waals surface area contributed by atoms with Gasteiger partial charge in [0.15, 0.2) is 0 Å². The van der Waals surface area contributed by atoms with Crippen LogP contribution in [0.3, 0.4) is 0 Å². The Morgan fingerprint density at radius 1 is 1.04 bits per heavy atom. The fourth-order valence-corrected chi connectivity index (χ4v) is 2.80. The molecule has 128 valence electrons. The number of allylic oxidation sites excluding steroid dienone is 1. The van der Waals surface area contributed by atoms with Crippen LogP contribution < -0.4 is 4.90 Å². The van der Waals surface area contributed by atoms with Gasteiger partial charge in [0.05, 0.1) is 0 Å². The van der Waals surface area contributed by atoms with Crippen molar-refractivity contribution in [1.29, 1.82) is 5.41 Å². The number of amidine groups is 1. The average molecular weight is 333 g/mol. The van der Waals surface area contributed by atoms with Gasteiger partial charge < -0.3 is 15.2 Å². The first-order chi connectivity index (χ1) is 12.1. The third-order valence-electron chi connectivity index (χ3n) is 4.23. The van der Waals surface area contributed by atoms with Crippen molar-refractivity contribution in [3.05, 3.63) is 71.4 Å². The summed E-state index contributed by atoms with van der Waals surface area (Å²) < 4.78 is 0. The second-order valence-electron chi connectivity index (χ2n) is 5.95. The third-order valence-corrected chi connectivity index (χ3v) is 4.23. The lowest BCUT2D eigenvalue weighted by Gasteiger charge is -2.36. The Hall–Kier alpha value is -3.02. The van der Waals surface area contributed by atoms with Crippen LogP contribution in [-0.2, 0) is 0 Å². The third kappa shape index (κ3) is 4.09. The Labute approximate surface area is 147 Å². The summed E-state index contributed by atoms with van der Waals surface area (Å²) >= 11 is 0. The van der Waals surface area contributed by atoms with Gasteiger partial charge in [-0.15, -0.1) is 0 Å². The van der Waals surface area contributed by atoms with Gasteiger partial charge in [-0.25, -0.2) is 9.97 Å². The van der Waals surface area contributed by atoms with Crippen molar-refractivity contribution in [1.82, 2.24) is 14.9 Å². The Morgan fingerprint density at radius 2 is 1.68 bits per heavy atom. The van der Waals surface area contributed by atoms with E-state index in [4.69, 9.17) is 5.41 Å². The molecule has 2 heterocycles. The van der Waals surface area contributed by atoms with E-state index < -0.39 is 0 Å². The van der Waals surface area contributed by atoms with Crippen molar-refractivity contribution in [3.8, 4) is 0 Å². The SMILES string of the molecule is C/C(=C/C(=[N-])c1ccccc1)C(=N)N1CCN(c2ncccn2)CC1. The number of nitrogens with one attached hydrogen (secondary N) is 1. The zero-order valence-corrected chi connectivity index (χ0v) is 14.3. The molecule has 1 aromatic heterocycles. The summed E-state index contributed by atoms with van der Waals surface area (Å²) in [7, 11) is 0. The molecular weight excluding hydrogens is 312 g/mol. The first-order valence-electron chi connectivity index (χ1n) is 8.30. The number of hydrogen-bond donors (Lipinski definition) is 1. The van der Waals surface area contributed by atoms with Crippen molar-refractivity contribution >= 4 is 17.5 Å². The molecule has 3 rings (SSSR count). The Morgan fingerprint density at radius 3 is 2.32 bits per heavy atom. The molecule has 1 N–H and O–H groups in total. The minimum Gasteiger partial charge on any atom is -0.803 e. The van der Waals surface area contributed by atoms with Gasteiger partial charge >= 0.3 is 0 Å². The van der Waals surface area contributed by atoms with Crippen LogP contribution in [0.2, 0.25) is 0 Å². The molecule has 25 heavy (non-hydrogen) atoms. The maximum absolute atomic E-state index is 10.2. The van der Waals surface area contributed by atoms with E-state index in [-0.39, 0.29) is 5.71 Å². The molecule has 1 aliphatic rings. The quantitative estimate of drug-likeness (QED) is 0.689. The van der Waals surface area contributed by atoms with E-state index in [1.165, 1.54) is 0 Å². The molecule has 6 nitrogen and oxygen atoms in total. The molecular formula is C19H21N6-. The molecule has 0 bridgehead atoms. The van der Waals surface area contributed by atoms with E-state index in [2.05, 4.69) is 14.9 Å². The summed E-state index contributed by atoms with van der Waals surface area (Å²) in [6.45, 7) is 4.86. The fraction of sp³-hybridized carbons (Fsp3) is 0.263. The van der Waals surface area contributed by atoms with Crippen LogP contribution in [-0.4, -0.2) is 52.6 Å². The monoisotopic (exact) mass is 333 g/mol. The molecule has 0 aliphatic carbocycles. The molecule has 1 saturated heterocycles. The lowest BCUT2D eigenvalue weighted by Crippen LogP contribution is -2.49. The largest absolute Gasteiger partial charge is 0.803 e. The zero-order valence-electron chi connectivity index (χ0n) is 14.3. The van der Waals surface area contributed by atoms with E-state index in [1.54, 1.807) is 24.5 Å². The predicted octanol–water partition coefficient (Wildman–Crippen LogP) is 2.58. The number of anilines is 1. The van der Waals surface area contributed by atoms with Gasteiger partial charge in [-0.05, 0) is 24.1 Å². The standard InChI is InChI=1S/C19H21N6/c1-15(14-17(20)16-6-3-2-4-7-16)18(21)24-10-12-25(13-11-24)19-22-8-5-9-23-19/h2-9,14,21H,10-13H2,1H3/q-1/b15-14-,21-18?. The van der Waals surface area contributed by atoms with Crippen LogP contribution in [0.15, 0.2) is 60.4 Å². The van der Waals surface area contributed by atoms with Crippen LogP contribution in [0, 0.1) is 5.41 Å². The van der Waals surface area contributed by atoms with Gasteiger partial charge in [-0.1, -0.05) is 36.4 Å². The Bertz CT molecular complexity index is 761. The van der Waals surface area contributed by atoms with Crippen molar-refractivity contribution in [3.63, 3.8) is 0 Å². The Balaban J connectivity index is 1.60. The summed E-state index contributed by atoms with van der Waals surface area (Å²) in [6, 6.07) is 11.2. The second kappa shape index (κ2) is 7.70. The van der Waals surface area contributed by atoms with E-state index in [1.807, 2.05) is 42.2 Å². The normalized spacial score (nSPS) is 15.2. The second-order valence-corrected chi connectivity index (χ2v) is 5.95. The van der Waals surface area contributed by atoms with Gasteiger partial charge in [0.1, 0.15) is 5.84 Å². The van der Waals surface area contributed by atoms with Crippen LogP contribution in [0.25, 0.3) is 5.41 Å². The molecule has 2 aromatic rings. The van der Waals surface area contributed by atoms with Crippen LogP contribution >= 0.6 is 0 Å². The molecule has 1 aromatic carbocycles. The molecule has 1 aliphatic heterocycles. The molecule has 6 heteroatoms. The fourth-order valence-electron chi connectivity index (χ4n) is 2.80. The van der Waals surface area contributed by atoms with Crippen molar-refractivity contribution < 1.29 is 0 Å². The summed E-state index contributed by atoms with van der Waals surface area (Å²) in [5.74, 6) is 1.17. The van der Waals surface area contributed by atoms with Gasteiger partial charge in [0.25, 0.3) is 0 Å².